The van der Waals surface area contributed by atoms with E-state index in [1.807, 2.05) is 5.43 Å². The van der Waals surface area contributed by atoms with Crippen molar-refractivity contribution in [3.05, 3.63) is 47.7 Å². The number of nitrogens with one attached hydrogen (secondary N) is 1. The first-order valence-corrected chi connectivity index (χ1v) is 6.20. The Morgan fingerprint density at radius 1 is 1.09 bits per heavy atom. The molecule has 1 aromatic carbocycles. The Labute approximate surface area is 121 Å². The number of aliphatic imine (C=N–C) groups is 2. The molecule has 9 heteroatoms. The van der Waals surface area contributed by atoms with Crippen molar-refractivity contribution in [3.63, 3.8) is 0 Å². The second kappa shape index (κ2) is 5.08. The van der Waals surface area contributed by atoms with Crippen LogP contribution in [0, 0.1) is 0 Å². The smallest absolute Gasteiger partial charge is 0.274 e. The fraction of sp³-hybridized carbons (Fsp3) is 0.231. The molecule has 1 atom stereocenters. The van der Waals surface area contributed by atoms with Gasteiger partial charge in [-0.2, -0.15) is 13.2 Å². The standard InChI is InChI=1S/C13H9F5N4/c14-10(15)9-6-8(7-4-2-1-3-5-7)19-12-20-11(13(16,17)18)21-22(9)12/h1-6,10,12H,(H,20,21). The predicted octanol–water partition coefficient (Wildman–Crippen LogP) is 2.70. The number of halogens is 5. The molecule has 116 valence electrons. The van der Waals surface area contributed by atoms with Crippen molar-refractivity contribution in [1.82, 2.24) is 10.4 Å². The lowest BCUT2D eigenvalue weighted by atomic mass is 10.1. The normalized spacial score (nSPS) is 21.1. The van der Waals surface area contributed by atoms with Crippen molar-refractivity contribution < 1.29 is 22.0 Å². The van der Waals surface area contributed by atoms with Crippen LogP contribution in [-0.4, -0.2) is 35.4 Å². The number of allylic oxidation sites excluding steroid dienone is 2. The van der Waals surface area contributed by atoms with E-state index in [-0.39, 0.29) is 5.71 Å². The van der Waals surface area contributed by atoms with Gasteiger partial charge in [-0.25, -0.2) is 23.8 Å². The first kappa shape index (κ1) is 14.5. The van der Waals surface area contributed by atoms with Gasteiger partial charge in [0.25, 0.3) is 6.43 Å². The lowest BCUT2D eigenvalue weighted by Crippen LogP contribution is -2.47. The minimum atomic E-state index is -4.76. The molecule has 3 rings (SSSR count). The maximum Gasteiger partial charge on any atom is 0.450 e. The minimum absolute atomic E-state index is 0.158. The molecule has 22 heavy (non-hydrogen) atoms. The van der Waals surface area contributed by atoms with Gasteiger partial charge < -0.3 is 0 Å². The SMILES string of the molecule is FC(F)C1=CC(c2ccccc2)=NC2N=C(C(F)(F)F)NN12. The van der Waals surface area contributed by atoms with Crippen molar-refractivity contribution >= 4 is 11.5 Å². The summed E-state index contributed by atoms with van der Waals surface area (Å²) in [7, 11) is 0. The molecule has 0 saturated carbocycles. The number of rotatable bonds is 2. The van der Waals surface area contributed by atoms with E-state index in [2.05, 4.69) is 9.98 Å². The van der Waals surface area contributed by atoms with Gasteiger partial charge in [0.15, 0.2) is 0 Å². The van der Waals surface area contributed by atoms with E-state index in [0.717, 1.165) is 6.08 Å². The number of hydrogen-bond donors (Lipinski definition) is 1. The Morgan fingerprint density at radius 2 is 1.77 bits per heavy atom. The number of amidine groups is 1. The van der Waals surface area contributed by atoms with Crippen LogP contribution < -0.4 is 5.43 Å². The number of alkyl halides is 5. The average Bonchev–Trinajstić information content (AvgIpc) is 2.91. The summed E-state index contributed by atoms with van der Waals surface area (Å²) in [5, 5.41) is 0.625. The summed E-state index contributed by atoms with van der Waals surface area (Å²) in [4.78, 5) is 7.33. The van der Waals surface area contributed by atoms with Crippen molar-refractivity contribution in [2.45, 2.75) is 18.9 Å². The van der Waals surface area contributed by atoms with Crippen molar-refractivity contribution in [1.29, 1.82) is 0 Å². The number of hydrogen-bond acceptors (Lipinski definition) is 4. The third-order valence-corrected chi connectivity index (χ3v) is 3.08. The van der Waals surface area contributed by atoms with Crippen LogP contribution in [0.2, 0.25) is 0 Å². The summed E-state index contributed by atoms with van der Waals surface area (Å²) < 4.78 is 64.3. The largest absolute Gasteiger partial charge is 0.450 e. The third kappa shape index (κ3) is 2.53. The minimum Gasteiger partial charge on any atom is -0.274 e. The van der Waals surface area contributed by atoms with Crippen molar-refractivity contribution in [2.75, 3.05) is 0 Å². The molecule has 1 N–H and O–H groups in total. The molecule has 0 fully saturated rings. The lowest BCUT2D eigenvalue weighted by molar-refractivity contribution is -0.0631. The van der Waals surface area contributed by atoms with E-state index in [1.165, 1.54) is 0 Å². The Kier molecular flexibility index (Phi) is 3.34. The van der Waals surface area contributed by atoms with E-state index in [4.69, 9.17) is 0 Å². The molecule has 0 radical (unpaired) electrons. The van der Waals surface area contributed by atoms with E-state index >= 15 is 0 Å². The molecule has 2 aliphatic rings. The molecule has 0 amide bonds. The van der Waals surface area contributed by atoms with Crippen LogP contribution >= 0.6 is 0 Å². The molecule has 1 unspecified atom stereocenters. The maximum absolute atomic E-state index is 13.1. The molecule has 2 heterocycles. The van der Waals surface area contributed by atoms with E-state index in [9.17, 15) is 22.0 Å². The zero-order chi connectivity index (χ0) is 15.9. The Hall–Kier alpha value is -2.45. The highest BCUT2D eigenvalue weighted by atomic mass is 19.4. The fourth-order valence-electron chi connectivity index (χ4n) is 2.10. The Morgan fingerprint density at radius 3 is 2.36 bits per heavy atom. The second-order valence-electron chi connectivity index (χ2n) is 4.55. The molecule has 1 aromatic rings. The first-order valence-electron chi connectivity index (χ1n) is 6.20. The van der Waals surface area contributed by atoms with Crippen LogP contribution in [0.25, 0.3) is 0 Å². The molecular formula is C13H9F5N4. The van der Waals surface area contributed by atoms with E-state index < -0.39 is 30.4 Å². The zero-order valence-electron chi connectivity index (χ0n) is 10.9. The molecule has 0 aliphatic carbocycles. The van der Waals surface area contributed by atoms with Gasteiger partial charge in [-0.3, -0.25) is 5.43 Å². The highest BCUT2D eigenvalue weighted by Gasteiger charge is 2.45. The summed E-state index contributed by atoms with van der Waals surface area (Å²) in [5.41, 5.74) is 1.91. The van der Waals surface area contributed by atoms with Crippen molar-refractivity contribution in [2.24, 2.45) is 9.98 Å². The third-order valence-electron chi connectivity index (χ3n) is 3.08. The van der Waals surface area contributed by atoms with Crippen LogP contribution in [0.1, 0.15) is 5.56 Å². The zero-order valence-corrected chi connectivity index (χ0v) is 10.9. The molecule has 4 nitrogen and oxygen atoms in total. The molecule has 0 aromatic heterocycles. The molecule has 0 bridgehead atoms. The van der Waals surface area contributed by atoms with Gasteiger partial charge in [-0.05, 0) is 11.6 Å². The first-order chi connectivity index (χ1) is 10.4. The topological polar surface area (TPSA) is 40.0 Å². The fourth-order valence-corrected chi connectivity index (χ4v) is 2.10. The van der Waals surface area contributed by atoms with Gasteiger partial charge >= 0.3 is 6.18 Å². The number of fused-ring (bicyclic) bond motifs is 1. The maximum atomic E-state index is 13.1. The van der Waals surface area contributed by atoms with Crippen molar-refractivity contribution in [3.8, 4) is 0 Å². The van der Waals surface area contributed by atoms with Crippen LogP contribution in [0.4, 0.5) is 22.0 Å². The summed E-state index contributed by atoms with van der Waals surface area (Å²) in [6.07, 6.45) is -8.07. The Bertz CT molecular complexity index is 663. The number of hydrazine groups is 1. The highest BCUT2D eigenvalue weighted by molar-refractivity contribution is 6.09. The van der Waals surface area contributed by atoms with Crippen LogP contribution in [-0.2, 0) is 0 Å². The van der Waals surface area contributed by atoms with E-state index in [1.54, 1.807) is 30.3 Å². The summed E-state index contributed by atoms with van der Waals surface area (Å²) in [5.74, 6) is -1.35. The van der Waals surface area contributed by atoms with Gasteiger partial charge in [0.05, 0.1) is 5.71 Å². The van der Waals surface area contributed by atoms with Crippen LogP contribution in [0.15, 0.2) is 52.1 Å². The predicted molar refractivity (Wildman–Crippen MR) is 69.3 cm³/mol. The van der Waals surface area contributed by atoms with Gasteiger partial charge in [0.2, 0.25) is 12.1 Å². The molecule has 0 spiro atoms. The summed E-state index contributed by atoms with van der Waals surface area (Å²) in [6, 6.07) is 8.35. The number of benzene rings is 1. The van der Waals surface area contributed by atoms with Gasteiger partial charge in [0.1, 0.15) is 5.70 Å². The molecule has 0 saturated heterocycles. The lowest BCUT2D eigenvalue weighted by Gasteiger charge is -2.29. The Balaban J connectivity index is 2.02. The summed E-state index contributed by atoms with van der Waals surface area (Å²) in [6.45, 7) is 0. The van der Waals surface area contributed by atoms with Gasteiger partial charge in [-0.1, -0.05) is 30.3 Å². The summed E-state index contributed by atoms with van der Waals surface area (Å²) >= 11 is 0. The highest BCUT2D eigenvalue weighted by Crippen LogP contribution is 2.29. The monoisotopic (exact) mass is 316 g/mol. The van der Waals surface area contributed by atoms with Gasteiger partial charge in [-0.15, -0.1) is 0 Å². The molecular weight excluding hydrogens is 307 g/mol. The molecule has 2 aliphatic heterocycles. The quantitative estimate of drug-likeness (QED) is 0.852. The number of nitrogens with zero attached hydrogens (tertiary/aromatic N) is 3. The second-order valence-corrected chi connectivity index (χ2v) is 4.55. The van der Waals surface area contributed by atoms with Gasteiger partial charge in [0, 0.05) is 0 Å². The van der Waals surface area contributed by atoms with Crippen LogP contribution in [0.5, 0.6) is 0 Å². The average molecular weight is 316 g/mol. The van der Waals surface area contributed by atoms with Crippen LogP contribution in [0.3, 0.4) is 0 Å². The van der Waals surface area contributed by atoms with E-state index in [0.29, 0.717) is 10.6 Å².